The number of benzene rings is 3. The van der Waals surface area contributed by atoms with Crippen LogP contribution in [0.25, 0.3) is 0 Å². The van der Waals surface area contributed by atoms with Gasteiger partial charge in [-0.3, -0.25) is 14.4 Å². The number of nitrogens with one attached hydrogen (secondary N) is 2. The normalized spacial score (nSPS) is 15.1. The average molecular weight is 472 g/mol. The van der Waals surface area contributed by atoms with E-state index < -0.39 is 5.92 Å². The number of hydrogen-bond donors (Lipinski definition) is 2. The second kappa shape index (κ2) is 11.3. The van der Waals surface area contributed by atoms with Crippen LogP contribution < -0.4 is 15.4 Å². The van der Waals surface area contributed by atoms with Gasteiger partial charge in [-0.05, 0) is 42.3 Å². The second-order valence-electron chi connectivity index (χ2n) is 8.46. The number of rotatable bonds is 9. The Morgan fingerprint density at radius 2 is 1.66 bits per heavy atom. The molecule has 4 rings (SSSR count). The number of nitrogens with zero attached hydrogens (tertiary/aromatic N) is 1. The van der Waals surface area contributed by atoms with Gasteiger partial charge >= 0.3 is 0 Å². The summed E-state index contributed by atoms with van der Waals surface area (Å²) in [4.78, 5) is 40.0. The summed E-state index contributed by atoms with van der Waals surface area (Å²) in [6.45, 7) is 3.70. The van der Waals surface area contributed by atoms with Crippen molar-refractivity contribution in [2.24, 2.45) is 5.92 Å². The lowest BCUT2D eigenvalue weighted by Crippen LogP contribution is -2.29. The SMILES string of the molecule is CCOc1ccc(CNC(=O)c2ccccc2NC(=O)[C@H]2CC(=O)N(Cc3ccccc3)C2)cc1. The van der Waals surface area contributed by atoms with E-state index in [-0.39, 0.29) is 24.1 Å². The summed E-state index contributed by atoms with van der Waals surface area (Å²) >= 11 is 0. The van der Waals surface area contributed by atoms with Crippen molar-refractivity contribution in [2.45, 2.75) is 26.4 Å². The van der Waals surface area contributed by atoms with Crippen molar-refractivity contribution in [3.8, 4) is 5.75 Å². The maximum Gasteiger partial charge on any atom is 0.253 e. The maximum atomic E-state index is 13.0. The van der Waals surface area contributed by atoms with Crippen molar-refractivity contribution < 1.29 is 19.1 Å². The van der Waals surface area contributed by atoms with Gasteiger partial charge in [0.15, 0.2) is 0 Å². The zero-order valence-electron chi connectivity index (χ0n) is 19.7. The molecule has 0 radical (unpaired) electrons. The number of hydrogen-bond acceptors (Lipinski definition) is 4. The summed E-state index contributed by atoms with van der Waals surface area (Å²) in [5.41, 5.74) is 2.76. The molecule has 3 amide bonds. The predicted octanol–water partition coefficient (Wildman–Crippen LogP) is 4.00. The minimum absolute atomic E-state index is 0.0459. The minimum Gasteiger partial charge on any atom is -0.494 e. The Morgan fingerprint density at radius 1 is 0.943 bits per heavy atom. The van der Waals surface area contributed by atoms with Crippen LogP contribution in [0, 0.1) is 5.92 Å². The minimum atomic E-state index is -0.466. The summed E-state index contributed by atoms with van der Waals surface area (Å²) in [6.07, 6.45) is 0.158. The largest absolute Gasteiger partial charge is 0.494 e. The number of amides is 3. The molecule has 35 heavy (non-hydrogen) atoms. The number of para-hydroxylation sites is 1. The Balaban J connectivity index is 1.35. The van der Waals surface area contributed by atoms with Crippen molar-refractivity contribution in [3.63, 3.8) is 0 Å². The highest BCUT2D eigenvalue weighted by Gasteiger charge is 2.34. The predicted molar refractivity (Wildman–Crippen MR) is 134 cm³/mol. The first-order valence-electron chi connectivity index (χ1n) is 11.7. The number of ether oxygens (including phenoxy) is 1. The molecular weight excluding hydrogens is 442 g/mol. The van der Waals surface area contributed by atoms with E-state index in [1.807, 2.05) is 61.5 Å². The average Bonchev–Trinajstić information content (AvgIpc) is 3.24. The van der Waals surface area contributed by atoms with Crippen molar-refractivity contribution in [1.29, 1.82) is 0 Å². The van der Waals surface area contributed by atoms with Crippen LogP contribution in [-0.4, -0.2) is 35.8 Å². The molecule has 1 aliphatic rings. The van der Waals surface area contributed by atoms with Gasteiger partial charge in [0, 0.05) is 26.1 Å². The van der Waals surface area contributed by atoms with E-state index in [0.29, 0.717) is 37.5 Å². The molecule has 7 heteroatoms. The van der Waals surface area contributed by atoms with E-state index in [2.05, 4.69) is 10.6 Å². The third kappa shape index (κ3) is 6.26. The molecule has 0 aromatic heterocycles. The van der Waals surface area contributed by atoms with Gasteiger partial charge in [0.2, 0.25) is 11.8 Å². The van der Waals surface area contributed by atoms with Crippen LogP contribution >= 0.6 is 0 Å². The molecule has 0 saturated carbocycles. The lowest BCUT2D eigenvalue weighted by molar-refractivity contribution is -0.128. The fraction of sp³-hybridized carbons (Fsp3) is 0.250. The highest BCUT2D eigenvalue weighted by molar-refractivity contribution is 6.05. The van der Waals surface area contributed by atoms with E-state index in [1.54, 1.807) is 29.2 Å². The molecule has 1 atom stereocenters. The fourth-order valence-corrected chi connectivity index (χ4v) is 4.08. The molecular formula is C28H29N3O4. The fourth-order valence-electron chi connectivity index (χ4n) is 4.08. The van der Waals surface area contributed by atoms with E-state index in [0.717, 1.165) is 16.9 Å². The second-order valence-corrected chi connectivity index (χ2v) is 8.46. The van der Waals surface area contributed by atoms with Crippen LogP contribution in [0.1, 0.15) is 34.8 Å². The summed E-state index contributed by atoms with van der Waals surface area (Å²) in [6, 6.07) is 24.1. The first kappa shape index (κ1) is 24.0. The van der Waals surface area contributed by atoms with Gasteiger partial charge in [-0.15, -0.1) is 0 Å². The van der Waals surface area contributed by atoms with Crippen LogP contribution in [0.2, 0.25) is 0 Å². The van der Waals surface area contributed by atoms with Gasteiger partial charge in [0.05, 0.1) is 23.8 Å². The molecule has 1 aliphatic heterocycles. The molecule has 0 aliphatic carbocycles. The zero-order valence-corrected chi connectivity index (χ0v) is 19.7. The number of likely N-dealkylation sites (tertiary alicyclic amines) is 1. The molecule has 3 aromatic rings. The first-order valence-corrected chi connectivity index (χ1v) is 11.7. The molecule has 2 N–H and O–H groups in total. The van der Waals surface area contributed by atoms with Crippen molar-refractivity contribution in [3.05, 3.63) is 95.6 Å². The summed E-state index contributed by atoms with van der Waals surface area (Å²) in [5, 5.41) is 5.76. The van der Waals surface area contributed by atoms with Crippen LogP contribution in [0.4, 0.5) is 5.69 Å². The summed E-state index contributed by atoms with van der Waals surface area (Å²) < 4.78 is 5.44. The number of carbonyl (C=O) groups excluding carboxylic acids is 3. The Labute approximate surface area is 205 Å². The molecule has 1 fully saturated rings. The molecule has 3 aromatic carbocycles. The monoisotopic (exact) mass is 471 g/mol. The van der Waals surface area contributed by atoms with Gasteiger partial charge in [-0.25, -0.2) is 0 Å². The molecule has 0 spiro atoms. The van der Waals surface area contributed by atoms with Gasteiger partial charge in [0.25, 0.3) is 5.91 Å². The summed E-state index contributed by atoms with van der Waals surface area (Å²) in [7, 11) is 0. The van der Waals surface area contributed by atoms with Crippen molar-refractivity contribution in [1.82, 2.24) is 10.2 Å². The topological polar surface area (TPSA) is 87.7 Å². The van der Waals surface area contributed by atoms with Crippen LogP contribution in [0.5, 0.6) is 5.75 Å². The number of carbonyl (C=O) groups is 3. The molecule has 1 saturated heterocycles. The zero-order chi connectivity index (χ0) is 24.6. The Bertz CT molecular complexity index is 1180. The van der Waals surface area contributed by atoms with Crippen LogP contribution in [0.15, 0.2) is 78.9 Å². The Hall–Kier alpha value is -4.13. The smallest absolute Gasteiger partial charge is 0.253 e. The Morgan fingerprint density at radius 3 is 2.40 bits per heavy atom. The van der Waals surface area contributed by atoms with Crippen LogP contribution in [-0.2, 0) is 22.7 Å². The highest BCUT2D eigenvalue weighted by atomic mass is 16.5. The van der Waals surface area contributed by atoms with E-state index >= 15 is 0 Å². The van der Waals surface area contributed by atoms with Gasteiger partial charge in [0.1, 0.15) is 5.75 Å². The summed E-state index contributed by atoms with van der Waals surface area (Å²) in [5.74, 6) is -0.284. The molecule has 1 heterocycles. The molecule has 180 valence electrons. The third-order valence-electron chi connectivity index (χ3n) is 5.92. The Kier molecular flexibility index (Phi) is 7.77. The van der Waals surface area contributed by atoms with Crippen molar-refractivity contribution >= 4 is 23.4 Å². The molecule has 7 nitrogen and oxygen atoms in total. The van der Waals surface area contributed by atoms with Crippen molar-refractivity contribution in [2.75, 3.05) is 18.5 Å². The number of anilines is 1. The third-order valence-corrected chi connectivity index (χ3v) is 5.92. The van der Waals surface area contributed by atoms with Gasteiger partial charge in [-0.2, -0.15) is 0 Å². The molecule has 0 bridgehead atoms. The highest BCUT2D eigenvalue weighted by Crippen LogP contribution is 2.23. The van der Waals surface area contributed by atoms with Crippen LogP contribution in [0.3, 0.4) is 0 Å². The maximum absolute atomic E-state index is 13.0. The molecule has 0 unspecified atom stereocenters. The lowest BCUT2D eigenvalue weighted by atomic mass is 10.1. The van der Waals surface area contributed by atoms with Gasteiger partial charge in [-0.1, -0.05) is 54.6 Å². The first-order chi connectivity index (χ1) is 17.0. The van der Waals surface area contributed by atoms with Gasteiger partial charge < -0.3 is 20.3 Å². The van der Waals surface area contributed by atoms with E-state index in [1.165, 1.54) is 0 Å². The van der Waals surface area contributed by atoms with E-state index in [4.69, 9.17) is 4.74 Å². The van der Waals surface area contributed by atoms with E-state index in [9.17, 15) is 14.4 Å². The lowest BCUT2D eigenvalue weighted by Gasteiger charge is -2.17. The standard InChI is InChI=1S/C28H29N3O4/c1-2-35-23-14-12-20(13-15-23)17-29-28(34)24-10-6-7-11-25(24)30-27(33)22-16-26(32)31(19-22)18-21-8-4-3-5-9-21/h3-15,22H,2,16-19H2,1H3,(H,29,34)(H,30,33)/t22-/m0/s1. The quantitative estimate of drug-likeness (QED) is 0.494.